The van der Waals surface area contributed by atoms with Crippen LogP contribution in [0.15, 0.2) is 30.3 Å². The first-order valence-corrected chi connectivity index (χ1v) is 7.83. The molecule has 0 saturated carbocycles. The molecule has 2 N–H and O–H groups in total. The van der Waals surface area contributed by atoms with Gasteiger partial charge in [0.15, 0.2) is 0 Å². The van der Waals surface area contributed by atoms with Crippen LogP contribution in [0, 0.1) is 0 Å². The minimum atomic E-state index is -0.421. The number of carbonyl (C=O) groups is 1. The van der Waals surface area contributed by atoms with Crippen molar-refractivity contribution >= 4 is 5.91 Å². The first kappa shape index (κ1) is 16.0. The fraction of sp³-hybridized carbons (Fsp3) is 0.588. The monoisotopic (exact) mass is 289 g/mol. The Morgan fingerprint density at radius 1 is 1.33 bits per heavy atom. The van der Waals surface area contributed by atoms with Crippen LogP contribution in [0.2, 0.25) is 0 Å². The second-order valence-electron chi connectivity index (χ2n) is 6.29. The Hall–Kier alpha value is -1.39. The summed E-state index contributed by atoms with van der Waals surface area (Å²) in [5.41, 5.74) is 7.12. The lowest BCUT2D eigenvalue weighted by atomic mass is 10.1. The van der Waals surface area contributed by atoms with E-state index in [1.807, 2.05) is 11.0 Å². The van der Waals surface area contributed by atoms with E-state index in [0.29, 0.717) is 0 Å². The summed E-state index contributed by atoms with van der Waals surface area (Å²) in [6.45, 7) is 8.84. The van der Waals surface area contributed by atoms with Crippen molar-refractivity contribution in [2.75, 3.05) is 13.1 Å². The van der Waals surface area contributed by atoms with Gasteiger partial charge >= 0.3 is 0 Å². The van der Waals surface area contributed by atoms with Crippen LogP contribution in [0.25, 0.3) is 0 Å². The molecule has 0 radical (unpaired) electrons. The van der Waals surface area contributed by atoms with E-state index >= 15 is 0 Å². The number of nitrogens with two attached hydrogens (primary N) is 1. The van der Waals surface area contributed by atoms with Gasteiger partial charge in [-0.25, -0.2) is 0 Å². The predicted octanol–water partition coefficient (Wildman–Crippen LogP) is 1.85. The SMILES string of the molecule is CC(C)N(C(=O)[C@H](C)N)[C@@H]1CCN(Cc2ccccc2)C1. The molecule has 1 amide bonds. The first-order valence-electron chi connectivity index (χ1n) is 7.83. The zero-order valence-corrected chi connectivity index (χ0v) is 13.3. The van der Waals surface area contributed by atoms with E-state index in [1.165, 1.54) is 5.56 Å². The summed E-state index contributed by atoms with van der Waals surface area (Å²) in [5.74, 6) is 0.0663. The Kier molecular flexibility index (Phi) is 5.37. The van der Waals surface area contributed by atoms with E-state index in [9.17, 15) is 4.79 Å². The Balaban J connectivity index is 1.98. The maximum Gasteiger partial charge on any atom is 0.239 e. The van der Waals surface area contributed by atoms with E-state index in [4.69, 9.17) is 5.73 Å². The van der Waals surface area contributed by atoms with Crippen molar-refractivity contribution in [2.24, 2.45) is 5.73 Å². The summed E-state index contributed by atoms with van der Waals surface area (Å²) in [4.78, 5) is 16.7. The van der Waals surface area contributed by atoms with Gasteiger partial charge < -0.3 is 10.6 Å². The van der Waals surface area contributed by atoms with Crippen molar-refractivity contribution < 1.29 is 4.79 Å². The third-order valence-corrected chi connectivity index (χ3v) is 4.09. The highest BCUT2D eigenvalue weighted by atomic mass is 16.2. The molecule has 4 nitrogen and oxygen atoms in total. The van der Waals surface area contributed by atoms with E-state index in [-0.39, 0.29) is 18.0 Å². The van der Waals surface area contributed by atoms with Gasteiger partial charge in [-0.15, -0.1) is 0 Å². The zero-order chi connectivity index (χ0) is 15.4. The van der Waals surface area contributed by atoms with Crippen molar-refractivity contribution in [3.05, 3.63) is 35.9 Å². The van der Waals surface area contributed by atoms with Crippen LogP contribution >= 0.6 is 0 Å². The molecule has 1 heterocycles. The maximum atomic E-state index is 12.3. The van der Waals surface area contributed by atoms with E-state index in [0.717, 1.165) is 26.1 Å². The van der Waals surface area contributed by atoms with Crippen LogP contribution in [0.3, 0.4) is 0 Å². The lowest BCUT2D eigenvalue weighted by molar-refractivity contribution is -0.136. The molecular weight excluding hydrogens is 262 g/mol. The summed E-state index contributed by atoms with van der Waals surface area (Å²) in [6.07, 6.45) is 1.03. The molecule has 4 heteroatoms. The van der Waals surface area contributed by atoms with Crippen LogP contribution in [0.5, 0.6) is 0 Å². The summed E-state index contributed by atoms with van der Waals surface area (Å²) in [6, 6.07) is 10.6. The Morgan fingerprint density at radius 3 is 2.57 bits per heavy atom. The number of hydrogen-bond donors (Lipinski definition) is 1. The highest BCUT2D eigenvalue weighted by Crippen LogP contribution is 2.20. The van der Waals surface area contributed by atoms with E-state index in [1.54, 1.807) is 6.92 Å². The standard InChI is InChI=1S/C17H27N3O/c1-13(2)20(17(21)14(3)18)16-9-10-19(12-16)11-15-7-5-4-6-8-15/h4-8,13-14,16H,9-12,18H2,1-3H3/t14-,16+/m0/s1. The van der Waals surface area contributed by atoms with Gasteiger partial charge in [0.25, 0.3) is 0 Å². The Bertz CT molecular complexity index is 458. The fourth-order valence-electron chi connectivity index (χ4n) is 3.12. The van der Waals surface area contributed by atoms with Gasteiger partial charge in [-0.2, -0.15) is 0 Å². The summed E-state index contributed by atoms with van der Waals surface area (Å²) in [7, 11) is 0. The number of amides is 1. The van der Waals surface area contributed by atoms with Gasteiger partial charge in [0, 0.05) is 31.7 Å². The van der Waals surface area contributed by atoms with Crippen LogP contribution in [-0.4, -0.2) is 46.9 Å². The minimum absolute atomic E-state index is 0.0663. The van der Waals surface area contributed by atoms with Crippen molar-refractivity contribution in [2.45, 2.75) is 51.9 Å². The van der Waals surface area contributed by atoms with Crippen molar-refractivity contribution in [3.63, 3.8) is 0 Å². The molecule has 1 aromatic carbocycles. The Morgan fingerprint density at radius 2 is 2.00 bits per heavy atom. The predicted molar refractivity (Wildman–Crippen MR) is 85.8 cm³/mol. The van der Waals surface area contributed by atoms with E-state index < -0.39 is 6.04 Å². The molecule has 0 bridgehead atoms. The van der Waals surface area contributed by atoms with Gasteiger partial charge in [-0.3, -0.25) is 9.69 Å². The molecule has 0 spiro atoms. The van der Waals surface area contributed by atoms with E-state index in [2.05, 4.69) is 43.0 Å². The fourth-order valence-corrected chi connectivity index (χ4v) is 3.12. The molecule has 1 fully saturated rings. The van der Waals surface area contributed by atoms with Crippen LogP contribution < -0.4 is 5.73 Å². The van der Waals surface area contributed by atoms with Crippen molar-refractivity contribution in [1.29, 1.82) is 0 Å². The highest BCUT2D eigenvalue weighted by Gasteiger charge is 2.33. The number of carbonyl (C=O) groups excluding carboxylic acids is 1. The quantitative estimate of drug-likeness (QED) is 0.900. The maximum absolute atomic E-state index is 12.3. The third-order valence-electron chi connectivity index (χ3n) is 4.09. The van der Waals surface area contributed by atoms with Crippen molar-refractivity contribution in [3.8, 4) is 0 Å². The normalized spacial score (nSPS) is 20.7. The summed E-state index contributed by atoms with van der Waals surface area (Å²) < 4.78 is 0. The second kappa shape index (κ2) is 7.05. The zero-order valence-electron chi connectivity index (χ0n) is 13.3. The number of nitrogens with zero attached hydrogens (tertiary/aromatic N) is 2. The van der Waals surface area contributed by atoms with Gasteiger partial charge in [0.1, 0.15) is 0 Å². The molecule has 2 atom stereocenters. The number of benzene rings is 1. The van der Waals surface area contributed by atoms with Gasteiger partial charge in [0.05, 0.1) is 6.04 Å². The first-order chi connectivity index (χ1) is 9.99. The van der Waals surface area contributed by atoms with Gasteiger partial charge in [0.2, 0.25) is 5.91 Å². The largest absolute Gasteiger partial charge is 0.335 e. The highest BCUT2D eigenvalue weighted by molar-refractivity contribution is 5.81. The molecule has 116 valence electrons. The van der Waals surface area contributed by atoms with Crippen LogP contribution in [0.1, 0.15) is 32.8 Å². The molecule has 0 unspecified atom stereocenters. The van der Waals surface area contributed by atoms with Crippen molar-refractivity contribution in [1.82, 2.24) is 9.80 Å². The molecule has 1 aliphatic rings. The molecule has 0 aromatic heterocycles. The Labute approximate surface area is 127 Å². The molecule has 21 heavy (non-hydrogen) atoms. The van der Waals surface area contributed by atoms with Gasteiger partial charge in [-0.1, -0.05) is 30.3 Å². The molecule has 0 aliphatic carbocycles. The summed E-state index contributed by atoms with van der Waals surface area (Å²) in [5, 5.41) is 0. The average molecular weight is 289 g/mol. The van der Waals surface area contributed by atoms with Crippen LogP contribution in [-0.2, 0) is 11.3 Å². The number of rotatable bonds is 5. The lowest BCUT2D eigenvalue weighted by Crippen LogP contribution is -2.51. The number of hydrogen-bond acceptors (Lipinski definition) is 3. The summed E-state index contributed by atoms with van der Waals surface area (Å²) >= 11 is 0. The molecule has 1 aliphatic heterocycles. The molecule has 1 aromatic rings. The minimum Gasteiger partial charge on any atom is -0.335 e. The second-order valence-corrected chi connectivity index (χ2v) is 6.29. The lowest BCUT2D eigenvalue weighted by Gasteiger charge is -2.34. The topological polar surface area (TPSA) is 49.6 Å². The molecular formula is C17H27N3O. The third kappa shape index (κ3) is 4.05. The van der Waals surface area contributed by atoms with Gasteiger partial charge in [-0.05, 0) is 32.8 Å². The van der Waals surface area contributed by atoms with Crippen LogP contribution in [0.4, 0.5) is 0 Å². The average Bonchev–Trinajstić information content (AvgIpc) is 2.87. The molecule has 1 saturated heterocycles. The molecule has 2 rings (SSSR count). The number of likely N-dealkylation sites (tertiary alicyclic amines) is 1. The smallest absolute Gasteiger partial charge is 0.239 e.